The highest BCUT2D eigenvalue weighted by Gasteiger charge is 2.29. The third-order valence-corrected chi connectivity index (χ3v) is 4.64. The lowest BCUT2D eigenvalue weighted by molar-refractivity contribution is 0.531. The summed E-state index contributed by atoms with van der Waals surface area (Å²) >= 11 is 6.60. The van der Waals surface area contributed by atoms with Crippen molar-refractivity contribution in [3.8, 4) is 11.1 Å². The smallest absolute Gasteiger partial charge is 0.122 e. The number of hydrogen-bond acceptors (Lipinski definition) is 2. The highest BCUT2D eigenvalue weighted by atomic mass is 35.5. The van der Waals surface area contributed by atoms with Gasteiger partial charge in [0.05, 0.1) is 5.02 Å². The lowest BCUT2D eigenvalue weighted by atomic mass is 9.72. The Kier molecular flexibility index (Phi) is 3.95. The molecule has 3 nitrogen and oxygen atoms in total. The molecule has 0 atom stereocenters. The van der Waals surface area contributed by atoms with Gasteiger partial charge in [-0.15, -0.1) is 0 Å². The van der Waals surface area contributed by atoms with Gasteiger partial charge in [-0.3, -0.25) is 0 Å². The molecular weight excluding hydrogens is 318 g/mol. The summed E-state index contributed by atoms with van der Waals surface area (Å²) in [6, 6.07) is 10.3. The van der Waals surface area contributed by atoms with Gasteiger partial charge in [0.2, 0.25) is 0 Å². The Hall–Kier alpha value is -1.87. The molecule has 3 rings (SSSR count). The second-order valence-electron chi connectivity index (χ2n) is 8.34. The predicted octanol–water partition coefficient (Wildman–Crippen LogP) is 5.87. The maximum Gasteiger partial charge on any atom is 0.122 e. The van der Waals surface area contributed by atoms with E-state index in [0.717, 1.165) is 22.2 Å². The molecule has 0 fully saturated rings. The molecule has 0 aliphatic heterocycles. The number of H-pyrrole nitrogens is 1. The minimum absolute atomic E-state index is 0.0194. The lowest BCUT2D eigenvalue weighted by Crippen LogP contribution is -2.23. The maximum atomic E-state index is 6.60. The first-order chi connectivity index (χ1) is 11.1. The van der Waals surface area contributed by atoms with E-state index in [-0.39, 0.29) is 10.8 Å². The van der Waals surface area contributed by atoms with Crippen molar-refractivity contribution in [3.05, 3.63) is 46.5 Å². The average Bonchev–Trinajstić information content (AvgIpc) is 2.93. The van der Waals surface area contributed by atoms with Gasteiger partial charge in [0.1, 0.15) is 11.0 Å². The van der Waals surface area contributed by atoms with Crippen LogP contribution in [-0.2, 0) is 10.8 Å². The van der Waals surface area contributed by atoms with Crippen molar-refractivity contribution >= 4 is 22.6 Å². The fourth-order valence-electron chi connectivity index (χ4n) is 3.34. The number of nitrogens with one attached hydrogen (secondary N) is 1. The van der Waals surface area contributed by atoms with Crippen LogP contribution in [0.1, 0.15) is 52.7 Å². The molecule has 1 aromatic heterocycles. The fraction of sp³-hybridized carbons (Fsp3) is 0.400. The van der Waals surface area contributed by atoms with Gasteiger partial charge in [-0.1, -0.05) is 71.3 Å². The molecule has 0 bridgehead atoms. The van der Waals surface area contributed by atoms with Crippen molar-refractivity contribution in [3.63, 3.8) is 0 Å². The summed E-state index contributed by atoms with van der Waals surface area (Å²) in [7, 11) is 0. The van der Waals surface area contributed by atoms with Gasteiger partial charge in [-0.05, 0) is 39.7 Å². The van der Waals surface area contributed by atoms with Crippen LogP contribution in [0.15, 0.2) is 30.3 Å². The van der Waals surface area contributed by atoms with Gasteiger partial charge >= 0.3 is 0 Å². The van der Waals surface area contributed by atoms with Crippen LogP contribution in [0.2, 0.25) is 5.02 Å². The Morgan fingerprint density at radius 3 is 2.21 bits per heavy atom. The Morgan fingerprint density at radius 2 is 1.58 bits per heavy atom. The molecule has 0 aliphatic rings. The molecule has 0 unspecified atom stereocenters. The largest absolute Gasteiger partial charge is 0.197 e. The second-order valence-corrected chi connectivity index (χ2v) is 8.75. The van der Waals surface area contributed by atoms with Crippen LogP contribution < -0.4 is 0 Å². The second kappa shape index (κ2) is 5.59. The number of hydrogen-bond donors (Lipinski definition) is 1. The van der Waals surface area contributed by atoms with Crippen LogP contribution in [0, 0.1) is 0 Å². The van der Waals surface area contributed by atoms with E-state index in [4.69, 9.17) is 11.6 Å². The SMILES string of the molecule is CC(C)(C)c1cccc(-c2c(Cl)ccc3n[nH]nc23)c1C(C)(C)C. The highest BCUT2D eigenvalue weighted by molar-refractivity contribution is 6.34. The summed E-state index contributed by atoms with van der Waals surface area (Å²) in [5, 5.41) is 12.0. The molecule has 1 N–H and O–H groups in total. The molecule has 0 amide bonds. The predicted molar refractivity (Wildman–Crippen MR) is 102 cm³/mol. The van der Waals surface area contributed by atoms with Gasteiger partial charge in [0.25, 0.3) is 0 Å². The van der Waals surface area contributed by atoms with E-state index >= 15 is 0 Å². The minimum atomic E-state index is -0.0194. The Bertz CT molecular complexity index is 895. The first-order valence-corrected chi connectivity index (χ1v) is 8.62. The molecule has 1 heterocycles. The van der Waals surface area contributed by atoms with Crippen LogP contribution in [0.3, 0.4) is 0 Å². The molecule has 0 saturated carbocycles. The maximum absolute atomic E-state index is 6.60. The van der Waals surface area contributed by atoms with Crippen molar-refractivity contribution in [2.75, 3.05) is 0 Å². The first kappa shape index (κ1) is 17.0. The topological polar surface area (TPSA) is 41.6 Å². The number of halogens is 1. The zero-order chi connectivity index (χ0) is 17.7. The lowest BCUT2D eigenvalue weighted by Gasteiger charge is -2.32. The zero-order valence-electron chi connectivity index (χ0n) is 15.2. The first-order valence-electron chi connectivity index (χ1n) is 8.24. The van der Waals surface area contributed by atoms with E-state index in [0.29, 0.717) is 5.02 Å². The number of nitrogens with zero attached hydrogens (tertiary/aromatic N) is 2. The van der Waals surface area contributed by atoms with Gasteiger partial charge < -0.3 is 0 Å². The highest BCUT2D eigenvalue weighted by Crippen LogP contribution is 2.43. The van der Waals surface area contributed by atoms with E-state index in [2.05, 4.69) is 75.2 Å². The molecule has 3 aromatic rings. The van der Waals surface area contributed by atoms with E-state index in [1.54, 1.807) is 0 Å². The molecule has 0 aliphatic carbocycles. The fourth-order valence-corrected chi connectivity index (χ4v) is 3.59. The Labute approximate surface area is 148 Å². The summed E-state index contributed by atoms with van der Waals surface area (Å²) in [6.45, 7) is 13.5. The van der Waals surface area contributed by atoms with E-state index in [1.807, 2.05) is 12.1 Å². The number of rotatable bonds is 1. The molecule has 4 heteroatoms. The molecule has 126 valence electrons. The van der Waals surface area contributed by atoms with Crippen LogP contribution in [0.4, 0.5) is 0 Å². The molecular formula is C20H24ClN3. The summed E-state index contributed by atoms with van der Waals surface area (Å²) < 4.78 is 0. The van der Waals surface area contributed by atoms with Gasteiger partial charge in [0, 0.05) is 5.56 Å². The summed E-state index contributed by atoms with van der Waals surface area (Å²) in [5.74, 6) is 0. The van der Waals surface area contributed by atoms with Gasteiger partial charge in [-0.25, -0.2) is 0 Å². The molecule has 2 aromatic carbocycles. The van der Waals surface area contributed by atoms with Crippen molar-refractivity contribution in [1.82, 2.24) is 15.4 Å². The van der Waals surface area contributed by atoms with Crippen molar-refractivity contribution in [2.45, 2.75) is 52.4 Å². The number of aromatic amines is 1. The number of benzene rings is 2. The Morgan fingerprint density at radius 1 is 0.875 bits per heavy atom. The van der Waals surface area contributed by atoms with Gasteiger partial charge in [0.15, 0.2) is 0 Å². The van der Waals surface area contributed by atoms with Crippen LogP contribution >= 0.6 is 11.6 Å². The number of fused-ring (bicyclic) bond motifs is 1. The number of aromatic nitrogens is 3. The molecule has 0 saturated heterocycles. The van der Waals surface area contributed by atoms with Crippen LogP contribution in [-0.4, -0.2) is 15.4 Å². The van der Waals surface area contributed by atoms with Crippen LogP contribution in [0.25, 0.3) is 22.2 Å². The molecule has 24 heavy (non-hydrogen) atoms. The minimum Gasteiger partial charge on any atom is -0.197 e. The monoisotopic (exact) mass is 341 g/mol. The summed E-state index contributed by atoms with van der Waals surface area (Å²) in [5.41, 5.74) is 6.42. The summed E-state index contributed by atoms with van der Waals surface area (Å²) in [4.78, 5) is 0. The van der Waals surface area contributed by atoms with E-state index in [9.17, 15) is 0 Å². The van der Waals surface area contributed by atoms with E-state index < -0.39 is 0 Å². The van der Waals surface area contributed by atoms with E-state index in [1.165, 1.54) is 11.1 Å². The third-order valence-electron chi connectivity index (χ3n) is 4.33. The molecule has 0 radical (unpaired) electrons. The van der Waals surface area contributed by atoms with Crippen molar-refractivity contribution in [2.24, 2.45) is 0 Å². The molecule has 0 spiro atoms. The standard InChI is InChI=1S/C20H24ClN3/c1-19(2,3)13-9-7-8-12(17(13)20(4,5)6)16-14(21)10-11-15-18(16)23-24-22-15/h7-11H,1-6H3,(H,22,23,24). The summed E-state index contributed by atoms with van der Waals surface area (Å²) in [6.07, 6.45) is 0. The third kappa shape index (κ3) is 2.82. The van der Waals surface area contributed by atoms with Crippen molar-refractivity contribution in [1.29, 1.82) is 0 Å². The van der Waals surface area contributed by atoms with Crippen molar-refractivity contribution < 1.29 is 0 Å². The zero-order valence-corrected chi connectivity index (χ0v) is 15.9. The quantitative estimate of drug-likeness (QED) is 0.601. The normalized spacial score (nSPS) is 12.8. The van der Waals surface area contributed by atoms with Gasteiger partial charge in [-0.2, -0.15) is 15.4 Å². The Balaban J connectivity index is 2.44. The van der Waals surface area contributed by atoms with Crippen LogP contribution in [0.5, 0.6) is 0 Å². The average molecular weight is 342 g/mol.